The number of aromatic nitrogens is 2. The number of imidazole rings is 1. The Morgan fingerprint density at radius 2 is 1.56 bits per heavy atom. The molecule has 2 heterocycles. The Balaban J connectivity index is 0.00000435. The van der Waals surface area contributed by atoms with Crippen LogP contribution in [0.3, 0.4) is 0 Å². The summed E-state index contributed by atoms with van der Waals surface area (Å²) in [6.45, 7) is 4.61. The summed E-state index contributed by atoms with van der Waals surface area (Å²) in [4.78, 5) is 73.4. The number of H-pyrrole nitrogens is 1. The van der Waals surface area contributed by atoms with Crippen LogP contribution in [0.1, 0.15) is 98.3 Å². The predicted octanol–water partition coefficient (Wildman–Crippen LogP) is 1.36. The Morgan fingerprint density at radius 3 is 2.20 bits per heavy atom. The highest BCUT2D eigenvalue weighted by Crippen LogP contribution is 2.36. The van der Waals surface area contributed by atoms with Crippen molar-refractivity contribution in [2.24, 2.45) is 11.8 Å². The molecule has 13 N–H and O–H groups in total. The first kappa shape index (κ1) is 51.9. The summed E-state index contributed by atoms with van der Waals surface area (Å²) in [7, 11) is 0. The molecular weight excluding hydrogens is 788 g/mol. The summed E-state index contributed by atoms with van der Waals surface area (Å²) in [5, 5.41) is 32.4. The molecule has 2 aliphatic rings. The molecule has 0 bridgehead atoms. The van der Waals surface area contributed by atoms with Crippen LogP contribution < -0.4 is 26.0 Å². The van der Waals surface area contributed by atoms with Gasteiger partial charge in [-0.25, -0.2) is 9.78 Å². The molecule has 1 aliphatic carbocycles. The maximum atomic E-state index is 14.2. The number of rotatable bonds is 19. The van der Waals surface area contributed by atoms with E-state index in [9.17, 15) is 34.2 Å². The SMILES string of the molecule is CC(C)CNC(=O)CC(O)C(CC1CCCCC1)NC(=O)[C@H](Cc1c[nH]cn1)NC(=O)[C@H](Cc1ccccc1)NC(=O)CC1COc2ccc(C(=O)O)cc21.Cl.O.O.O. The predicted molar refractivity (Wildman–Crippen MR) is 222 cm³/mol. The van der Waals surface area contributed by atoms with Crippen molar-refractivity contribution in [2.45, 2.75) is 108 Å². The van der Waals surface area contributed by atoms with Gasteiger partial charge in [-0.3, -0.25) is 19.2 Å². The lowest BCUT2D eigenvalue weighted by Gasteiger charge is -2.31. The molecule has 0 spiro atoms. The van der Waals surface area contributed by atoms with E-state index in [1.807, 2.05) is 44.2 Å². The zero-order chi connectivity index (χ0) is 39.3. The van der Waals surface area contributed by atoms with Gasteiger partial charge in [-0.05, 0) is 42.0 Å². The average Bonchev–Trinajstić information content (AvgIpc) is 3.83. The Bertz CT molecular complexity index is 1760. The number of amides is 4. The summed E-state index contributed by atoms with van der Waals surface area (Å²) in [5.74, 6) is -2.39. The highest BCUT2D eigenvalue weighted by Gasteiger charge is 2.34. The number of aromatic amines is 1. The van der Waals surface area contributed by atoms with Crippen molar-refractivity contribution in [3.8, 4) is 5.75 Å². The topological polar surface area (TPSA) is 306 Å². The quantitative estimate of drug-likeness (QED) is 0.0915. The fourth-order valence-electron chi connectivity index (χ4n) is 7.31. The molecule has 0 radical (unpaired) electrons. The van der Waals surface area contributed by atoms with Crippen LogP contribution in [0.4, 0.5) is 0 Å². The third kappa shape index (κ3) is 15.9. The van der Waals surface area contributed by atoms with Gasteiger partial charge < -0.3 is 57.6 Å². The summed E-state index contributed by atoms with van der Waals surface area (Å²) in [6, 6.07) is 10.7. The second-order valence-electron chi connectivity index (χ2n) is 15.2. The number of aliphatic hydroxyl groups excluding tert-OH is 1. The lowest BCUT2D eigenvalue weighted by molar-refractivity contribution is -0.133. The van der Waals surface area contributed by atoms with Gasteiger partial charge >= 0.3 is 5.97 Å². The number of ether oxygens (including phenoxy) is 1. The molecule has 1 fully saturated rings. The summed E-state index contributed by atoms with van der Waals surface area (Å²) in [6.07, 6.45) is 7.54. The number of aliphatic hydroxyl groups is 1. The number of hydrogen-bond donors (Lipinski definition) is 7. The molecular formula is C41H61ClN6O11. The molecule has 1 aliphatic heterocycles. The molecule has 3 aromatic rings. The van der Waals surface area contributed by atoms with Crippen LogP contribution in [0.5, 0.6) is 5.75 Å². The smallest absolute Gasteiger partial charge is 0.335 e. The molecule has 1 saturated carbocycles. The third-order valence-electron chi connectivity index (χ3n) is 10.3. The maximum absolute atomic E-state index is 14.2. The second kappa shape index (κ2) is 25.4. The van der Waals surface area contributed by atoms with Crippen LogP contribution in [-0.4, -0.2) is 104 Å². The number of carbonyl (C=O) groups is 5. The van der Waals surface area contributed by atoms with Crippen molar-refractivity contribution < 1.29 is 55.4 Å². The van der Waals surface area contributed by atoms with Gasteiger partial charge in [-0.1, -0.05) is 76.3 Å². The van der Waals surface area contributed by atoms with Crippen molar-refractivity contribution >= 4 is 42.0 Å². The fraction of sp³-hybridized carbons (Fsp3) is 0.512. The van der Waals surface area contributed by atoms with E-state index in [-0.39, 0.29) is 84.4 Å². The largest absolute Gasteiger partial charge is 0.493 e. The Hall–Kier alpha value is -5.07. The van der Waals surface area contributed by atoms with Crippen LogP contribution >= 0.6 is 12.4 Å². The van der Waals surface area contributed by atoms with E-state index in [0.717, 1.165) is 37.7 Å². The van der Waals surface area contributed by atoms with E-state index in [4.69, 9.17) is 4.74 Å². The molecule has 5 rings (SSSR count). The number of nitrogens with one attached hydrogen (secondary N) is 5. The molecule has 59 heavy (non-hydrogen) atoms. The minimum Gasteiger partial charge on any atom is -0.493 e. The van der Waals surface area contributed by atoms with Crippen LogP contribution in [0, 0.1) is 11.8 Å². The molecule has 2 aromatic carbocycles. The van der Waals surface area contributed by atoms with Crippen LogP contribution in [0.2, 0.25) is 0 Å². The first-order valence-electron chi connectivity index (χ1n) is 19.3. The number of carboxylic acids is 1. The van der Waals surface area contributed by atoms with Gasteiger partial charge in [0, 0.05) is 43.5 Å². The van der Waals surface area contributed by atoms with Gasteiger partial charge in [0.05, 0.1) is 42.8 Å². The molecule has 328 valence electrons. The van der Waals surface area contributed by atoms with Crippen molar-refractivity contribution in [3.63, 3.8) is 0 Å². The molecule has 5 atom stereocenters. The van der Waals surface area contributed by atoms with E-state index in [1.54, 1.807) is 12.3 Å². The van der Waals surface area contributed by atoms with Crippen molar-refractivity contribution in [2.75, 3.05) is 13.2 Å². The van der Waals surface area contributed by atoms with E-state index in [0.29, 0.717) is 30.0 Å². The van der Waals surface area contributed by atoms with E-state index < -0.39 is 53.8 Å². The van der Waals surface area contributed by atoms with Gasteiger partial charge in [0.25, 0.3) is 0 Å². The minimum atomic E-state index is -1.15. The monoisotopic (exact) mass is 848 g/mol. The zero-order valence-corrected chi connectivity index (χ0v) is 34.3. The number of nitrogens with zero attached hydrogens (tertiary/aromatic N) is 1. The third-order valence-corrected chi connectivity index (χ3v) is 10.3. The molecule has 1 aromatic heterocycles. The normalized spacial score (nSPS) is 16.4. The second-order valence-corrected chi connectivity index (χ2v) is 15.2. The zero-order valence-electron chi connectivity index (χ0n) is 33.5. The van der Waals surface area contributed by atoms with Crippen LogP contribution in [0.15, 0.2) is 61.1 Å². The highest BCUT2D eigenvalue weighted by atomic mass is 35.5. The van der Waals surface area contributed by atoms with Gasteiger partial charge in [-0.15, -0.1) is 12.4 Å². The van der Waals surface area contributed by atoms with E-state index in [2.05, 4.69) is 31.2 Å². The van der Waals surface area contributed by atoms with Crippen molar-refractivity contribution in [1.29, 1.82) is 0 Å². The minimum absolute atomic E-state index is 0. The number of fused-ring (bicyclic) bond motifs is 1. The first-order valence-corrected chi connectivity index (χ1v) is 19.3. The Labute approximate surface area is 350 Å². The van der Waals surface area contributed by atoms with E-state index >= 15 is 0 Å². The molecule has 17 nitrogen and oxygen atoms in total. The number of carbonyl (C=O) groups excluding carboxylic acids is 4. The summed E-state index contributed by atoms with van der Waals surface area (Å²) >= 11 is 0. The summed E-state index contributed by atoms with van der Waals surface area (Å²) in [5.41, 5.74) is 1.99. The van der Waals surface area contributed by atoms with E-state index in [1.165, 1.54) is 18.5 Å². The first-order chi connectivity index (χ1) is 26.4. The number of carboxylic acid groups (broad SMARTS) is 1. The van der Waals surface area contributed by atoms with Gasteiger partial charge in [0.2, 0.25) is 23.6 Å². The molecule has 3 unspecified atom stereocenters. The van der Waals surface area contributed by atoms with Crippen molar-refractivity contribution in [1.82, 2.24) is 31.2 Å². The molecule has 18 heteroatoms. The van der Waals surface area contributed by atoms with Gasteiger partial charge in [0.15, 0.2) is 0 Å². The lowest BCUT2D eigenvalue weighted by atomic mass is 9.83. The van der Waals surface area contributed by atoms with Gasteiger partial charge in [-0.2, -0.15) is 0 Å². The number of aromatic carboxylic acids is 1. The maximum Gasteiger partial charge on any atom is 0.335 e. The molecule has 0 saturated heterocycles. The Kier molecular flexibility index (Phi) is 22.4. The average molecular weight is 849 g/mol. The Morgan fingerprint density at radius 1 is 0.881 bits per heavy atom. The van der Waals surface area contributed by atoms with Crippen LogP contribution in [0.25, 0.3) is 0 Å². The highest BCUT2D eigenvalue weighted by molar-refractivity contribution is 5.93. The number of benzene rings is 2. The lowest BCUT2D eigenvalue weighted by Crippen LogP contribution is -2.57. The van der Waals surface area contributed by atoms with Crippen molar-refractivity contribution in [3.05, 3.63) is 83.4 Å². The van der Waals surface area contributed by atoms with Gasteiger partial charge in [0.1, 0.15) is 17.8 Å². The standard InChI is InChI=1S/C41H54N6O8.ClH.3H2O/c1-25(2)21-43-37(49)20-35(48)32(15-26-9-5-3-6-10-26)46-40(52)34(19-30-22-42-24-44-30)47-39(51)33(16-27-11-7-4-8-12-27)45-38(50)18-29-23-55-36-14-13-28(41(53)54)17-31(29)36;;;;/h4,7-8,11-14,17,22,24-26,29,32-35,48H,3,5-6,9-10,15-16,18-21,23H2,1-2H3,(H,42,44)(H,43,49)(H,45,50)(H,46,52)(H,47,51)(H,53,54);1H;3*1H2/t29?,32?,33-,34-,35?;;;;/m0..../s1. The van der Waals surface area contributed by atoms with Crippen LogP contribution in [-0.2, 0) is 32.0 Å². The summed E-state index contributed by atoms with van der Waals surface area (Å²) < 4.78 is 5.72. The number of halogens is 1. The number of hydrogen-bond acceptors (Lipinski definition) is 8. The fourth-order valence-corrected chi connectivity index (χ4v) is 7.31. The molecule has 4 amide bonds.